The Hall–Kier alpha value is -1.06. The first kappa shape index (κ1) is 24.0. The van der Waals surface area contributed by atoms with Crippen molar-refractivity contribution in [3.05, 3.63) is 70.8 Å². The Bertz CT molecular complexity index is 658. The summed E-state index contributed by atoms with van der Waals surface area (Å²) in [5, 5.41) is 7.63. The first-order valence-corrected chi connectivity index (χ1v) is 9.85. The van der Waals surface area contributed by atoms with Gasteiger partial charge in [0.1, 0.15) is 0 Å². The third-order valence-corrected chi connectivity index (χ3v) is 5.58. The van der Waals surface area contributed by atoms with Gasteiger partial charge in [0, 0.05) is 25.2 Å². The number of hydrogen-bond donors (Lipinski definition) is 2. The van der Waals surface area contributed by atoms with Crippen molar-refractivity contribution in [3.63, 3.8) is 0 Å². The summed E-state index contributed by atoms with van der Waals surface area (Å²) in [6.07, 6.45) is 6.35. The summed E-state index contributed by atoms with van der Waals surface area (Å²) in [5.74, 6) is 0. The van der Waals surface area contributed by atoms with Gasteiger partial charge in [0.25, 0.3) is 0 Å². The van der Waals surface area contributed by atoms with Crippen molar-refractivity contribution in [1.29, 1.82) is 0 Å². The van der Waals surface area contributed by atoms with Crippen LogP contribution in [0.1, 0.15) is 54.9 Å². The van der Waals surface area contributed by atoms with E-state index in [-0.39, 0.29) is 24.8 Å². The molecule has 2 N–H and O–H groups in total. The smallest absolute Gasteiger partial charge is 0.0224 e. The fraction of sp³-hybridized carbons (Fsp3) is 0.478. The minimum atomic E-state index is 0. The Morgan fingerprint density at radius 1 is 0.778 bits per heavy atom. The van der Waals surface area contributed by atoms with Gasteiger partial charge < -0.3 is 10.6 Å². The quantitative estimate of drug-likeness (QED) is 0.623. The summed E-state index contributed by atoms with van der Waals surface area (Å²) in [6.45, 7) is 6.35. The molecule has 0 aliphatic heterocycles. The molecule has 0 bridgehead atoms. The van der Waals surface area contributed by atoms with Crippen LogP contribution in [0.4, 0.5) is 0 Å². The number of halogens is 2. The summed E-state index contributed by atoms with van der Waals surface area (Å²) in [5.41, 5.74) is 5.60. The molecular weight excluding hydrogens is 375 g/mol. The average Bonchev–Trinajstić information content (AvgIpc) is 2.67. The van der Waals surface area contributed by atoms with E-state index in [4.69, 9.17) is 0 Å². The van der Waals surface area contributed by atoms with Gasteiger partial charge in [-0.25, -0.2) is 0 Å². The van der Waals surface area contributed by atoms with Gasteiger partial charge in [-0.3, -0.25) is 0 Å². The fourth-order valence-corrected chi connectivity index (χ4v) is 3.81. The van der Waals surface area contributed by atoms with Crippen LogP contribution in [-0.2, 0) is 19.5 Å². The maximum atomic E-state index is 3.82. The maximum Gasteiger partial charge on any atom is 0.0224 e. The molecule has 3 rings (SSSR count). The number of nitrogens with one attached hydrogen (secondary N) is 2. The van der Waals surface area contributed by atoms with Crippen LogP contribution >= 0.6 is 24.8 Å². The van der Waals surface area contributed by atoms with Crippen LogP contribution < -0.4 is 10.6 Å². The molecule has 0 aromatic heterocycles. The van der Waals surface area contributed by atoms with Gasteiger partial charge in [0.15, 0.2) is 0 Å². The first-order chi connectivity index (χ1) is 12.3. The molecule has 1 aliphatic rings. The standard InChI is InChI=1S/C23H32N2.2ClH/c1-3-19-12-14-20(15-13-19)16-24-22-10-6-7-11-23(22)25-17-21-9-5-4-8-18(21)2;;/h4-5,8-9,12-15,22-25H,3,6-7,10-11,16-17H2,1-2H3;2*1H. The summed E-state index contributed by atoms with van der Waals surface area (Å²) in [4.78, 5) is 0. The van der Waals surface area contributed by atoms with E-state index in [0.29, 0.717) is 12.1 Å². The van der Waals surface area contributed by atoms with E-state index >= 15 is 0 Å². The number of rotatable bonds is 7. The van der Waals surface area contributed by atoms with Crippen molar-refractivity contribution < 1.29 is 0 Å². The zero-order chi connectivity index (χ0) is 17.5. The highest BCUT2D eigenvalue weighted by Crippen LogP contribution is 2.20. The van der Waals surface area contributed by atoms with Gasteiger partial charge >= 0.3 is 0 Å². The van der Waals surface area contributed by atoms with Crippen LogP contribution in [0.2, 0.25) is 0 Å². The van der Waals surface area contributed by atoms with Crippen LogP contribution in [0.3, 0.4) is 0 Å². The molecule has 1 aliphatic carbocycles. The van der Waals surface area contributed by atoms with Gasteiger partial charge in [0.05, 0.1) is 0 Å². The molecule has 0 spiro atoms. The average molecular weight is 409 g/mol. The second-order valence-electron chi connectivity index (χ2n) is 7.36. The molecular formula is C23H34Cl2N2. The van der Waals surface area contributed by atoms with Gasteiger partial charge in [0.2, 0.25) is 0 Å². The summed E-state index contributed by atoms with van der Waals surface area (Å²) in [6, 6.07) is 18.9. The second-order valence-corrected chi connectivity index (χ2v) is 7.36. The zero-order valence-electron chi connectivity index (χ0n) is 16.5. The lowest BCUT2D eigenvalue weighted by Crippen LogP contribution is -2.49. The van der Waals surface area contributed by atoms with E-state index in [2.05, 4.69) is 73.0 Å². The zero-order valence-corrected chi connectivity index (χ0v) is 18.2. The van der Waals surface area contributed by atoms with Gasteiger partial charge in [-0.05, 0) is 48.4 Å². The molecule has 1 fully saturated rings. The molecule has 0 radical (unpaired) electrons. The lowest BCUT2D eigenvalue weighted by Gasteiger charge is -2.33. The molecule has 0 saturated heterocycles. The lowest BCUT2D eigenvalue weighted by atomic mass is 9.89. The van der Waals surface area contributed by atoms with E-state index < -0.39 is 0 Å². The van der Waals surface area contributed by atoms with Gasteiger partial charge in [-0.15, -0.1) is 24.8 Å². The third kappa shape index (κ3) is 7.12. The first-order valence-electron chi connectivity index (χ1n) is 9.85. The Labute approximate surface area is 177 Å². The molecule has 2 aromatic carbocycles. The monoisotopic (exact) mass is 408 g/mol. The minimum absolute atomic E-state index is 0. The van der Waals surface area contributed by atoms with E-state index in [1.54, 1.807) is 0 Å². The van der Waals surface area contributed by atoms with Crippen LogP contribution in [0.15, 0.2) is 48.5 Å². The van der Waals surface area contributed by atoms with Crippen LogP contribution in [0.25, 0.3) is 0 Å². The predicted octanol–water partition coefficient (Wildman–Crippen LogP) is 5.59. The second kappa shape index (κ2) is 12.4. The molecule has 4 heteroatoms. The van der Waals surface area contributed by atoms with E-state index in [1.807, 2.05) is 0 Å². The SMILES string of the molecule is CCc1ccc(CNC2CCCCC2NCc2ccccc2C)cc1.Cl.Cl. The number of benzene rings is 2. The highest BCUT2D eigenvalue weighted by Gasteiger charge is 2.24. The largest absolute Gasteiger partial charge is 0.308 e. The van der Waals surface area contributed by atoms with Crippen molar-refractivity contribution in [2.24, 2.45) is 0 Å². The van der Waals surface area contributed by atoms with Crippen LogP contribution in [0.5, 0.6) is 0 Å². The molecule has 2 atom stereocenters. The van der Waals surface area contributed by atoms with Crippen molar-refractivity contribution in [2.75, 3.05) is 0 Å². The van der Waals surface area contributed by atoms with Crippen molar-refractivity contribution in [1.82, 2.24) is 10.6 Å². The maximum absolute atomic E-state index is 3.82. The molecule has 2 aromatic rings. The van der Waals surface area contributed by atoms with Crippen molar-refractivity contribution >= 4 is 24.8 Å². The van der Waals surface area contributed by atoms with Crippen molar-refractivity contribution in [2.45, 2.75) is 71.1 Å². The Kier molecular flexibility index (Phi) is 11.0. The van der Waals surface area contributed by atoms with Crippen LogP contribution in [0, 0.1) is 6.92 Å². The highest BCUT2D eigenvalue weighted by atomic mass is 35.5. The van der Waals surface area contributed by atoms with Gasteiger partial charge in [-0.1, -0.05) is 68.3 Å². The summed E-state index contributed by atoms with van der Waals surface area (Å²) in [7, 11) is 0. The molecule has 0 amide bonds. The van der Waals surface area contributed by atoms with E-state index in [9.17, 15) is 0 Å². The summed E-state index contributed by atoms with van der Waals surface area (Å²) < 4.78 is 0. The predicted molar refractivity (Wildman–Crippen MR) is 121 cm³/mol. The normalized spacial score (nSPS) is 19.0. The molecule has 0 heterocycles. The Morgan fingerprint density at radius 3 is 1.93 bits per heavy atom. The number of aryl methyl sites for hydroxylation is 2. The van der Waals surface area contributed by atoms with Crippen molar-refractivity contribution in [3.8, 4) is 0 Å². The van der Waals surface area contributed by atoms with E-state index in [0.717, 1.165) is 19.5 Å². The molecule has 1 saturated carbocycles. The molecule has 2 unspecified atom stereocenters. The highest BCUT2D eigenvalue weighted by molar-refractivity contribution is 5.85. The third-order valence-electron chi connectivity index (χ3n) is 5.58. The summed E-state index contributed by atoms with van der Waals surface area (Å²) >= 11 is 0. The Balaban J connectivity index is 0.00000182. The topological polar surface area (TPSA) is 24.1 Å². The lowest BCUT2D eigenvalue weighted by molar-refractivity contribution is 0.281. The van der Waals surface area contributed by atoms with Gasteiger partial charge in [-0.2, -0.15) is 0 Å². The fourth-order valence-electron chi connectivity index (χ4n) is 3.81. The minimum Gasteiger partial charge on any atom is -0.308 e. The molecule has 150 valence electrons. The number of hydrogen-bond acceptors (Lipinski definition) is 2. The Morgan fingerprint density at radius 2 is 1.33 bits per heavy atom. The van der Waals surface area contributed by atoms with Crippen LogP contribution in [-0.4, -0.2) is 12.1 Å². The molecule has 2 nitrogen and oxygen atoms in total. The molecule has 27 heavy (non-hydrogen) atoms. The van der Waals surface area contributed by atoms with E-state index in [1.165, 1.54) is 47.9 Å².